The first-order chi connectivity index (χ1) is 7.95. The molecular weight excluding hydrogens is 224 g/mol. The summed E-state index contributed by atoms with van der Waals surface area (Å²) in [4.78, 5) is 35.8. The first kappa shape index (κ1) is 13.5. The lowest BCUT2D eigenvalue weighted by molar-refractivity contribution is -0.141. The van der Waals surface area contributed by atoms with Gasteiger partial charge in [-0.1, -0.05) is 0 Å². The molecule has 0 aromatic rings. The summed E-state index contributed by atoms with van der Waals surface area (Å²) >= 11 is 0. The summed E-state index contributed by atoms with van der Waals surface area (Å²) < 4.78 is 4.41. The van der Waals surface area contributed by atoms with Crippen LogP contribution in [0.1, 0.15) is 20.3 Å². The molecule has 1 N–H and O–H groups in total. The van der Waals surface area contributed by atoms with Crippen molar-refractivity contribution in [1.29, 1.82) is 0 Å². The number of rotatable bonds is 4. The zero-order valence-corrected chi connectivity index (χ0v) is 10.4. The molecule has 0 radical (unpaired) electrons. The summed E-state index contributed by atoms with van der Waals surface area (Å²) in [5.74, 6) is -1.15. The van der Waals surface area contributed by atoms with Crippen LogP contribution in [0.25, 0.3) is 0 Å². The molecule has 6 nitrogen and oxygen atoms in total. The molecule has 1 saturated heterocycles. The van der Waals surface area contributed by atoms with Gasteiger partial charge in [-0.3, -0.25) is 14.4 Å². The summed E-state index contributed by atoms with van der Waals surface area (Å²) in [6.07, 6.45) is 0.213. The Morgan fingerprint density at radius 3 is 2.65 bits per heavy atom. The topological polar surface area (TPSA) is 75.7 Å². The second-order valence-corrected chi connectivity index (χ2v) is 4.33. The Kier molecular flexibility index (Phi) is 4.48. The van der Waals surface area contributed by atoms with Crippen LogP contribution in [-0.4, -0.2) is 48.9 Å². The van der Waals surface area contributed by atoms with E-state index in [-0.39, 0.29) is 36.7 Å². The zero-order chi connectivity index (χ0) is 13.0. The molecule has 17 heavy (non-hydrogen) atoms. The summed E-state index contributed by atoms with van der Waals surface area (Å²) in [5.41, 5.74) is 0. The minimum atomic E-state index is -0.497. The van der Waals surface area contributed by atoms with Crippen LogP contribution in [0.4, 0.5) is 0 Å². The van der Waals surface area contributed by atoms with Gasteiger partial charge < -0.3 is 15.0 Å². The molecule has 0 aliphatic carbocycles. The summed E-state index contributed by atoms with van der Waals surface area (Å²) in [7, 11) is 1.26. The number of nitrogens with zero attached hydrogens (tertiary/aromatic N) is 1. The minimum absolute atomic E-state index is 0.0155. The maximum atomic E-state index is 11.7. The number of hydrogen-bond donors (Lipinski definition) is 1. The van der Waals surface area contributed by atoms with E-state index in [4.69, 9.17) is 0 Å². The normalized spacial score (nSPS) is 19.6. The first-order valence-electron chi connectivity index (χ1n) is 5.59. The van der Waals surface area contributed by atoms with Gasteiger partial charge in [0.25, 0.3) is 0 Å². The summed E-state index contributed by atoms with van der Waals surface area (Å²) in [6.45, 7) is 4.09. The summed E-state index contributed by atoms with van der Waals surface area (Å²) in [6, 6.07) is 0.0981. The van der Waals surface area contributed by atoms with Gasteiger partial charge in [0, 0.05) is 19.0 Å². The maximum Gasteiger partial charge on any atom is 0.325 e. The molecule has 0 saturated carbocycles. The van der Waals surface area contributed by atoms with Crippen LogP contribution in [0.15, 0.2) is 0 Å². The molecular formula is C11H18N2O4. The Morgan fingerprint density at radius 2 is 2.18 bits per heavy atom. The maximum absolute atomic E-state index is 11.7. The van der Waals surface area contributed by atoms with Crippen molar-refractivity contribution in [2.24, 2.45) is 5.92 Å². The SMILES string of the molecule is COC(=O)CNC(=O)C1CC(=O)N(C(C)C)C1. The molecule has 0 bridgehead atoms. The molecule has 1 rings (SSSR count). The number of amides is 2. The number of esters is 1. The van der Waals surface area contributed by atoms with Crippen LogP contribution >= 0.6 is 0 Å². The largest absolute Gasteiger partial charge is 0.468 e. The van der Waals surface area contributed by atoms with Gasteiger partial charge in [-0.25, -0.2) is 0 Å². The van der Waals surface area contributed by atoms with Crippen LogP contribution in [0.5, 0.6) is 0 Å². The Bertz CT molecular complexity index is 327. The van der Waals surface area contributed by atoms with E-state index in [9.17, 15) is 14.4 Å². The molecule has 96 valence electrons. The highest BCUT2D eigenvalue weighted by atomic mass is 16.5. The van der Waals surface area contributed by atoms with Crippen LogP contribution in [-0.2, 0) is 19.1 Å². The standard InChI is InChI=1S/C11H18N2O4/c1-7(2)13-6-8(4-9(13)14)11(16)12-5-10(15)17-3/h7-8H,4-6H2,1-3H3,(H,12,16). The van der Waals surface area contributed by atoms with Crippen LogP contribution in [0.3, 0.4) is 0 Å². The van der Waals surface area contributed by atoms with Crippen molar-refractivity contribution in [3.8, 4) is 0 Å². The van der Waals surface area contributed by atoms with E-state index in [0.717, 1.165) is 0 Å². The molecule has 6 heteroatoms. The Balaban J connectivity index is 2.45. The molecule has 1 fully saturated rings. The Morgan fingerprint density at radius 1 is 1.53 bits per heavy atom. The van der Waals surface area contributed by atoms with Crippen molar-refractivity contribution in [2.75, 3.05) is 20.2 Å². The van der Waals surface area contributed by atoms with Crippen LogP contribution < -0.4 is 5.32 Å². The smallest absolute Gasteiger partial charge is 0.325 e. The zero-order valence-electron chi connectivity index (χ0n) is 10.4. The second kappa shape index (κ2) is 5.65. The van der Waals surface area contributed by atoms with E-state index in [0.29, 0.717) is 6.54 Å². The molecule has 1 aliphatic heterocycles. The molecule has 0 aromatic heterocycles. The van der Waals surface area contributed by atoms with Gasteiger partial charge in [0.05, 0.1) is 13.0 Å². The molecule has 1 atom stereocenters. The van der Waals surface area contributed by atoms with E-state index in [2.05, 4.69) is 10.1 Å². The van der Waals surface area contributed by atoms with E-state index < -0.39 is 5.97 Å². The predicted octanol–water partition coefficient (Wildman–Crippen LogP) is -0.467. The Labute approximate surface area is 100 Å². The quantitative estimate of drug-likeness (QED) is 0.676. The monoisotopic (exact) mass is 242 g/mol. The first-order valence-corrected chi connectivity index (χ1v) is 5.59. The predicted molar refractivity (Wildman–Crippen MR) is 60.0 cm³/mol. The van der Waals surface area contributed by atoms with Gasteiger partial charge in [0.1, 0.15) is 6.54 Å². The van der Waals surface area contributed by atoms with E-state index >= 15 is 0 Å². The number of nitrogens with one attached hydrogen (secondary N) is 1. The van der Waals surface area contributed by atoms with E-state index in [1.807, 2.05) is 13.8 Å². The third kappa shape index (κ3) is 3.44. The molecule has 0 spiro atoms. The lowest BCUT2D eigenvalue weighted by atomic mass is 10.1. The fourth-order valence-corrected chi connectivity index (χ4v) is 1.78. The average Bonchev–Trinajstić information content (AvgIpc) is 2.67. The van der Waals surface area contributed by atoms with Crippen molar-refractivity contribution in [1.82, 2.24) is 10.2 Å². The third-order valence-corrected chi connectivity index (χ3v) is 2.79. The van der Waals surface area contributed by atoms with Crippen LogP contribution in [0.2, 0.25) is 0 Å². The molecule has 0 aromatic carbocycles. The number of likely N-dealkylation sites (tertiary alicyclic amines) is 1. The van der Waals surface area contributed by atoms with Gasteiger partial charge in [-0.2, -0.15) is 0 Å². The number of hydrogen-bond acceptors (Lipinski definition) is 4. The van der Waals surface area contributed by atoms with Crippen molar-refractivity contribution in [2.45, 2.75) is 26.3 Å². The van der Waals surface area contributed by atoms with Gasteiger partial charge in [0.15, 0.2) is 0 Å². The lowest BCUT2D eigenvalue weighted by Gasteiger charge is -2.20. The highest BCUT2D eigenvalue weighted by Crippen LogP contribution is 2.19. The highest BCUT2D eigenvalue weighted by Gasteiger charge is 2.35. The number of carbonyl (C=O) groups excluding carboxylic acids is 3. The molecule has 1 aliphatic rings. The van der Waals surface area contributed by atoms with Crippen molar-refractivity contribution >= 4 is 17.8 Å². The number of carbonyl (C=O) groups is 3. The fraction of sp³-hybridized carbons (Fsp3) is 0.727. The highest BCUT2D eigenvalue weighted by molar-refractivity contribution is 5.90. The number of methoxy groups -OCH3 is 1. The second-order valence-electron chi connectivity index (χ2n) is 4.33. The van der Waals surface area contributed by atoms with Gasteiger partial charge >= 0.3 is 5.97 Å². The third-order valence-electron chi connectivity index (χ3n) is 2.79. The molecule has 1 heterocycles. The average molecular weight is 242 g/mol. The van der Waals surface area contributed by atoms with E-state index in [1.165, 1.54) is 7.11 Å². The summed E-state index contributed by atoms with van der Waals surface area (Å²) in [5, 5.41) is 2.46. The van der Waals surface area contributed by atoms with E-state index in [1.54, 1.807) is 4.90 Å². The minimum Gasteiger partial charge on any atom is -0.468 e. The van der Waals surface area contributed by atoms with Gasteiger partial charge in [-0.15, -0.1) is 0 Å². The molecule has 2 amide bonds. The van der Waals surface area contributed by atoms with Crippen molar-refractivity contribution in [3.05, 3.63) is 0 Å². The number of ether oxygens (including phenoxy) is 1. The van der Waals surface area contributed by atoms with Gasteiger partial charge in [-0.05, 0) is 13.8 Å². The van der Waals surface area contributed by atoms with Crippen molar-refractivity contribution < 1.29 is 19.1 Å². The fourth-order valence-electron chi connectivity index (χ4n) is 1.78. The lowest BCUT2D eigenvalue weighted by Crippen LogP contribution is -2.37. The Hall–Kier alpha value is -1.59. The molecule has 1 unspecified atom stereocenters. The van der Waals surface area contributed by atoms with Crippen molar-refractivity contribution in [3.63, 3.8) is 0 Å². The van der Waals surface area contributed by atoms with Crippen LogP contribution in [0, 0.1) is 5.92 Å². The van der Waals surface area contributed by atoms with Gasteiger partial charge in [0.2, 0.25) is 11.8 Å².